The molecule has 0 fully saturated rings. The molecule has 0 saturated carbocycles. The number of nitrogens with one attached hydrogen (secondary N) is 1. The van der Waals surface area contributed by atoms with Gasteiger partial charge in [-0.25, -0.2) is 13.2 Å². The van der Waals surface area contributed by atoms with E-state index in [2.05, 4.69) is 14.9 Å². The summed E-state index contributed by atoms with van der Waals surface area (Å²) < 4.78 is 44.7. The third-order valence-corrected chi connectivity index (χ3v) is 5.09. The van der Waals surface area contributed by atoms with Crippen molar-refractivity contribution in [3.8, 4) is 11.3 Å². The van der Waals surface area contributed by atoms with Crippen molar-refractivity contribution in [3.05, 3.63) is 59.9 Å². The zero-order valence-corrected chi connectivity index (χ0v) is 14.1. The molecule has 0 aliphatic rings. The van der Waals surface area contributed by atoms with Crippen LogP contribution < -0.4 is 5.32 Å². The zero-order chi connectivity index (χ0) is 17.8. The summed E-state index contributed by atoms with van der Waals surface area (Å²) in [5, 5.41) is 6.30. The number of thioether (sulfide) groups is 1. The van der Waals surface area contributed by atoms with Crippen molar-refractivity contribution in [1.82, 2.24) is 9.59 Å². The van der Waals surface area contributed by atoms with Crippen LogP contribution in [-0.2, 0) is 4.79 Å². The highest BCUT2D eigenvalue weighted by Crippen LogP contribution is 2.34. The summed E-state index contributed by atoms with van der Waals surface area (Å²) in [5.74, 6) is -2.44. The van der Waals surface area contributed by atoms with Crippen molar-refractivity contribution in [2.75, 3.05) is 11.1 Å². The Morgan fingerprint density at radius 2 is 1.92 bits per heavy atom. The van der Waals surface area contributed by atoms with Crippen molar-refractivity contribution < 1.29 is 18.0 Å². The van der Waals surface area contributed by atoms with Gasteiger partial charge in [-0.3, -0.25) is 4.79 Å². The fourth-order valence-corrected chi connectivity index (χ4v) is 3.55. The molecule has 1 heterocycles. The Labute approximate surface area is 149 Å². The smallest absolute Gasteiger partial charge is 0.234 e. The molecule has 0 aliphatic carbocycles. The Morgan fingerprint density at radius 3 is 2.68 bits per heavy atom. The predicted octanol–water partition coefficient (Wildman–Crippen LogP) is 4.35. The Kier molecular flexibility index (Phi) is 5.34. The first-order valence-electron chi connectivity index (χ1n) is 6.99. The molecule has 9 heteroatoms. The highest BCUT2D eigenvalue weighted by atomic mass is 32.2. The van der Waals surface area contributed by atoms with E-state index >= 15 is 0 Å². The molecule has 0 aliphatic heterocycles. The number of carbonyl (C=O) groups excluding carboxylic acids is 1. The SMILES string of the molecule is O=C(CSc1snnc1-c1ccc(F)cc1F)Nc1ccccc1F. The number of halogens is 3. The van der Waals surface area contributed by atoms with Crippen molar-refractivity contribution in [1.29, 1.82) is 0 Å². The van der Waals surface area contributed by atoms with E-state index in [-0.39, 0.29) is 22.7 Å². The van der Waals surface area contributed by atoms with E-state index in [1.165, 1.54) is 24.3 Å². The van der Waals surface area contributed by atoms with E-state index in [9.17, 15) is 18.0 Å². The van der Waals surface area contributed by atoms with Crippen LogP contribution in [0.15, 0.2) is 46.7 Å². The number of benzene rings is 2. The first-order valence-corrected chi connectivity index (χ1v) is 8.75. The summed E-state index contributed by atoms with van der Waals surface area (Å²) >= 11 is 2.09. The molecule has 128 valence electrons. The van der Waals surface area contributed by atoms with E-state index in [0.717, 1.165) is 35.4 Å². The van der Waals surface area contributed by atoms with Crippen LogP contribution in [0.1, 0.15) is 0 Å². The number of nitrogens with zero attached hydrogens (tertiary/aromatic N) is 2. The number of rotatable bonds is 5. The summed E-state index contributed by atoms with van der Waals surface area (Å²) in [4.78, 5) is 12.0. The number of carbonyl (C=O) groups is 1. The molecule has 2 aromatic carbocycles. The van der Waals surface area contributed by atoms with Gasteiger partial charge in [-0.05, 0) is 35.8 Å². The molecule has 4 nitrogen and oxygen atoms in total. The van der Waals surface area contributed by atoms with Crippen LogP contribution in [-0.4, -0.2) is 21.2 Å². The Morgan fingerprint density at radius 1 is 1.12 bits per heavy atom. The molecule has 0 bridgehead atoms. The van der Waals surface area contributed by atoms with Gasteiger partial charge in [0.25, 0.3) is 0 Å². The van der Waals surface area contributed by atoms with Crippen LogP contribution in [0.5, 0.6) is 0 Å². The van der Waals surface area contributed by atoms with Crippen LogP contribution in [0, 0.1) is 17.5 Å². The molecular weight excluding hydrogens is 371 g/mol. The second-order valence-electron chi connectivity index (χ2n) is 4.85. The monoisotopic (exact) mass is 381 g/mol. The van der Waals surface area contributed by atoms with E-state index < -0.39 is 23.4 Å². The average Bonchev–Trinajstić information content (AvgIpc) is 3.03. The van der Waals surface area contributed by atoms with Crippen LogP contribution in [0.3, 0.4) is 0 Å². The molecule has 0 atom stereocenters. The first kappa shape index (κ1) is 17.4. The third kappa shape index (κ3) is 4.18. The lowest BCUT2D eigenvalue weighted by Gasteiger charge is -2.06. The van der Waals surface area contributed by atoms with E-state index in [1.54, 1.807) is 6.07 Å². The summed E-state index contributed by atoms with van der Waals surface area (Å²) in [6.45, 7) is 0. The average molecular weight is 381 g/mol. The molecule has 3 rings (SSSR count). The lowest BCUT2D eigenvalue weighted by atomic mass is 10.1. The molecule has 0 saturated heterocycles. The minimum absolute atomic E-state index is 0.0337. The zero-order valence-electron chi connectivity index (χ0n) is 12.5. The molecule has 0 unspecified atom stereocenters. The molecule has 25 heavy (non-hydrogen) atoms. The van der Waals surface area contributed by atoms with E-state index in [0.29, 0.717) is 4.21 Å². The molecule has 1 amide bonds. The summed E-state index contributed by atoms with van der Waals surface area (Å²) in [6, 6.07) is 8.97. The van der Waals surface area contributed by atoms with Crippen molar-refractivity contribution in [2.24, 2.45) is 0 Å². The van der Waals surface area contributed by atoms with Gasteiger partial charge in [-0.15, -0.1) is 16.9 Å². The fraction of sp³-hybridized carbons (Fsp3) is 0.0625. The summed E-state index contributed by atoms with van der Waals surface area (Å²) in [7, 11) is 0. The second kappa shape index (κ2) is 7.66. The summed E-state index contributed by atoms with van der Waals surface area (Å²) in [6.07, 6.45) is 0. The number of hydrogen-bond acceptors (Lipinski definition) is 5. The van der Waals surface area contributed by atoms with Gasteiger partial charge >= 0.3 is 0 Å². The minimum Gasteiger partial charge on any atom is -0.323 e. The molecule has 0 spiro atoms. The van der Waals surface area contributed by atoms with Crippen molar-refractivity contribution >= 4 is 34.9 Å². The maximum Gasteiger partial charge on any atom is 0.234 e. The largest absolute Gasteiger partial charge is 0.323 e. The molecule has 1 N–H and O–H groups in total. The van der Waals surface area contributed by atoms with Crippen LogP contribution in [0.4, 0.5) is 18.9 Å². The Bertz CT molecular complexity index is 917. The van der Waals surface area contributed by atoms with Crippen LogP contribution in [0.25, 0.3) is 11.3 Å². The van der Waals surface area contributed by atoms with Crippen molar-refractivity contribution in [2.45, 2.75) is 4.21 Å². The number of aromatic nitrogens is 2. The summed E-state index contributed by atoms with van der Waals surface area (Å²) in [5.41, 5.74) is 0.429. The van der Waals surface area contributed by atoms with Gasteiger partial charge in [-0.1, -0.05) is 16.6 Å². The van der Waals surface area contributed by atoms with Gasteiger partial charge in [0.15, 0.2) is 0 Å². The third-order valence-electron chi connectivity index (χ3n) is 3.13. The maximum atomic E-state index is 13.9. The molecule has 3 aromatic rings. The number of amides is 1. The quantitative estimate of drug-likeness (QED) is 0.668. The normalized spacial score (nSPS) is 10.7. The molecule has 0 radical (unpaired) electrons. The number of hydrogen-bond donors (Lipinski definition) is 1. The van der Waals surface area contributed by atoms with E-state index in [4.69, 9.17) is 0 Å². The first-order chi connectivity index (χ1) is 12.0. The van der Waals surface area contributed by atoms with Crippen LogP contribution >= 0.6 is 23.3 Å². The number of para-hydroxylation sites is 1. The van der Waals surface area contributed by atoms with Crippen LogP contribution in [0.2, 0.25) is 0 Å². The molecule has 1 aromatic heterocycles. The highest BCUT2D eigenvalue weighted by Gasteiger charge is 2.17. The second-order valence-corrected chi connectivity index (χ2v) is 6.85. The van der Waals surface area contributed by atoms with E-state index in [1.807, 2.05) is 0 Å². The fourth-order valence-electron chi connectivity index (χ4n) is 2.00. The van der Waals surface area contributed by atoms with Gasteiger partial charge in [-0.2, -0.15) is 0 Å². The maximum absolute atomic E-state index is 13.9. The topological polar surface area (TPSA) is 54.9 Å². The van der Waals surface area contributed by atoms with Gasteiger partial charge in [0.2, 0.25) is 5.91 Å². The van der Waals surface area contributed by atoms with Crippen molar-refractivity contribution in [3.63, 3.8) is 0 Å². The standard InChI is InChI=1S/C16H10F3N3OS2/c17-9-5-6-10(12(19)7-9)15-16(25-22-21-15)24-8-14(23)20-13-4-2-1-3-11(13)18/h1-7H,8H2,(H,20,23). The lowest BCUT2D eigenvalue weighted by Crippen LogP contribution is -2.14. The Balaban J connectivity index is 1.69. The van der Waals surface area contributed by atoms with Gasteiger partial charge in [0, 0.05) is 11.6 Å². The van der Waals surface area contributed by atoms with Gasteiger partial charge in [0.05, 0.1) is 11.4 Å². The predicted molar refractivity (Wildman–Crippen MR) is 91.0 cm³/mol. The number of anilines is 1. The van der Waals surface area contributed by atoms with Gasteiger partial charge < -0.3 is 5.32 Å². The lowest BCUT2D eigenvalue weighted by molar-refractivity contribution is -0.113. The Hall–Kier alpha value is -2.39. The highest BCUT2D eigenvalue weighted by molar-refractivity contribution is 8.01. The molecular formula is C16H10F3N3OS2. The minimum atomic E-state index is -0.759. The van der Waals surface area contributed by atoms with Gasteiger partial charge in [0.1, 0.15) is 27.4 Å².